The van der Waals surface area contributed by atoms with Gasteiger partial charge in [-0.1, -0.05) is 0 Å². The van der Waals surface area contributed by atoms with E-state index < -0.39 is 29.8 Å². The highest BCUT2D eigenvalue weighted by atomic mass is 19.1. The summed E-state index contributed by atoms with van der Waals surface area (Å²) in [5.74, 6) is 0. The van der Waals surface area contributed by atoms with Crippen molar-refractivity contribution in [3.05, 3.63) is 32.6 Å². The van der Waals surface area contributed by atoms with E-state index in [1.807, 2.05) is 0 Å². The number of aryl methyl sites for hydroxylation is 1. The number of H-pyrrole nitrogens is 1. The van der Waals surface area contributed by atoms with E-state index >= 15 is 0 Å². The van der Waals surface area contributed by atoms with Crippen molar-refractivity contribution in [2.75, 3.05) is 6.61 Å². The van der Waals surface area contributed by atoms with Crippen molar-refractivity contribution < 1.29 is 14.2 Å². The van der Waals surface area contributed by atoms with Gasteiger partial charge in [-0.2, -0.15) is 0 Å². The van der Waals surface area contributed by atoms with Crippen LogP contribution in [0.15, 0.2) is 15.8 Å². The number of nitrogens with zero attached hydrogens (tertiary/aromatic N) is 1. The van der Waals surface area contributed by atoms with E-state index in [1.165, 1.54) is 13.1 Å². The molecular weight excluding hydrogens is 231 g/mol. The number of aliphatic hydroxyl groups excluding tert-OH is 1. The first kappa shape index (κ1) is 12.0. The number of aromatic nitrogens is 2. The fraction of sp³-hybridized carbons (Fsp3) is 0.600. The highest BCUT2D eigenvalue weighted by Crippen LogP contribution is 2.29. The molecule has 0 amide bonds. The second-order valence-electron chi connectivity index (χ2n) is 4.06. The second-order valence-corrected chi connectivity index (χ2v) is 4.06. The Kier molecular flexibility index (Phi) is 3.12. The lowest BCUT2D eigenvalue weighted by atomic mass is 10.2. The standard InChI is InChI=1S/C10H13FN2O4/c1-5-3-13(10(16)12-8(5)15)9-7(11)2-6(4-14)17-9/h3,6-7,9,14H,2,4H2,1H3,(H,12,15,16)/t6-,7+,9-/m1/s1. The van der Waals surface area contributed by atoms with Crippen LogP contribution in [-0.4, -0.2) is 33.5 Å². The zero-order valence-electron chi connectivity index (χ0n) is 9.22. The fourth-order valence-electron chi connectivity index (χ4n) is 1.84. The normalized spacial score (nSPS) is 28.5. The average molecular weight is 244 g/mol. The van der Waals surface area contributed by atoms with Crippen LogP contribution in [0.2, 0.25) is 0 Å². The van der Waals surface area contributed by atoms with E-state index in [-0.39, 0.29) is 13.0 Å². The lowest BCUT2D eigenvalue weighted by Gasteiger charge is -2.16. The molecule has 17 heavy (non-hydrogen) atoms. The molecule has 0 saturated carbocycles. The fourth-order valence-corrected chi connectivity index (χ4v) is 1.84. The summed E-state index contributed by atoms with van der Waals surface area (Å²) < 4.78 is 19.8. The predicted octanol–water partition coefficient (Wildman–Crippen LogP) is -0.537. The van der Waals surface area contributed by atoms with Crippen LogP contribution >= 0.6 is 0 Å². The molecule has 3 atom stereocenters. The van der Waals surface area contributed by atoms with E-state index in [1.54, 1.807) is 0 Å². The molecule has 0 unspecified atom stereocenters. The summed E-state index contributed by atoms with van der Waals surface area (Å²) in [5.41, 5.74) is -0.918. The number of hydrogen-bond donors (Lipinski definition) is 2. The van der Waals surface area contributed by atoms with Crippen LogP contribution in [-0.2, 0) is 4.74 Å². The molecule has 6 nitrogen and oxygen atoms in total. The third-order valence-electron chi connectivity index (χ3n) is 2.75. The van der Waals surface area contributed by atoms with Gasteiger partial charge in [-0.25, -0.2) is 9.18 Å². The van der Waals surface area contributed by atoms with Crippen LogP contribution in [0.3, 0.4) is 0 Å². The molecule has 1 aliphatic heterocycles. The SMILES string of the molecule is Cc1cn([C@@H]2O[C@@H](CO)C[C@@H]2F)c(=O)[nH]c1=O. The van der Waals surface area contributed by atoms with E-state index in [0.29, 0.717) is 5.56 Å². The molecule has 1 aromatic rings. The molecule has 1 aromatic heterocycles. The van der Waals surface area contributed by atoms with Crippen LogP contribution < -0.4 is 11.2 Å². The summed E-state index contributed by atoms with van der Waals surface area (Å²) >= 11 is 0. The van der Waals surface area contributed by atoms with Crippen molar-refractivity contribution in [1.29, 1.82) is 0 Å². The highest BCUT2D eigenvalue weighted by molar-refractivity contribution is 5.02. The van der Waals surface area contributed by atoms with E-state index in [4.69, 9.17) is 9.84 Å². The number of aromatic amines is 1. The maximum atomic E-state index is 13.6. The van der Waals surface area contributed by atoms with Gasteiger partial charge < -0.3 is 9.84 Å². The molecule has 2 N–H and O–H groups in total. The lowest BCUT2D eigenvalue weighted by Crippen LogP contribution is -2.35. The van der Waals surface area contributed by atoms with E-state index in [2.05, 4.69) is 4.98 Å². The van der Waals surface area contributed by atoms with Gasteiger partial charge in [-0.3, -0.25) is 14.3 Å². The quantitative estimate of drug-likeness (QED) is 0.732. The largest absolute Gasteiger partial charge is 0.394 e. The van der Waals surface area contributed by atoms with Crippen LogP contribution in [0.25, 0.3) is 0 Å². The second kappa shape index (κ2) is 4.42. The van der Waals surface area contributed by atoms with Gasteiger partial charge in [-0.05, 0) is 6.92 Å². The van der Waals surface area contributed by atoms with Gasteiger partial charge in [0.1, 0.15) is 6.17 Å². The third kappa shape index (κ3) is 2.16. The summed E-state index contributed by atoms with van der Waals surface area (Å²) in [6.07, 6.45) is -1.79. The Hall–Kier alpha value is -1.47. The monoisotopic (exact) mass is 244 g/mol. The van der Waals surface area contributed by atoms with Crippen LogP contribution in [0, 0.1) is 6.92 Å². The maximum absolute atomic E-state index is 13.6. The summed E-state index contributed by atoms with van der Waals surface area (Å²) in [5, 5.41) is 8.88. The summed E-state index contributed by atoms with van der Waals surface area (Å²) in [6, 6.07) is 0. The summed E-state index contributed by atoms with van der Waals surface area (Å²) in [6.45, 7) is 1.22. The highest BCUT2D eigenvalue weighted by Gasteiger charge is 2.36. The van der Waals surface area contributed by atoms with Gasteiger partial charge in [0.2, 0.25) is 0 Å². The van der Waals surface area contributed by atoms with Gasteiger partial charge in [0, 0.05) is 18.2 Å². The van der Waals surface area contributed by atoms with Gasteiger partial charge in [0.15, 0.2) is 6.23 Å². The van der Waals surface area contributed by atoms with E-state index in [9.17, 15) is 14.0 Å². The van der Waals surface area contributed by atoms with Crippen molar-refractivity contribution in [2.24, 2.45) is 0 Å². The molecule has 0 aliphatic carbocycles. The molecule has 0 aromatic carbocycles. The Bertz CT molecular complexity index is 524. The lowest BCUT2D eigenvalue weighted by molar-refractivity contribution is -0.0395. The first-order chi connectivity index (χ1) is 8.02. The first-order valence-corrected chi connectivity index (χ1v) is 5.25. The first-order valence-electron chi connectivity index (χ1n) is 5.25. The Labute approximate surface area is 95.7 Å². The number of hydrogen-bond acceptors (Lipinski definition) is 4. The molecule has 1 saturated heterocycles. The zero-order chi connectivity index (χ0) is 12.6. The number of halogens is 1. The molecule has 0 spiro atoms. The zero-order valence-corrected chi connectivity index (χ0v) is 9.22. The smallest absolute Gasteiger partial charge is 0.330 e. The maximum Gasteiger partial charge on any atom is 0.330 e. The van der Waals surface area contributed by atoms with Crippen molar-refractivity contribution in [3.63, 3.8) is 0 Å². The van der Waals surface area contributed by atoms with Crippen molar-refractivity contribution >= 4 is 0 Å². The molecular formula is C10H13FN2O4. The minimum Gasteiger partial charge on any atom is -0.394 e. The minimum atomic E-state index is -1.38. The molecule has 1 fully saturated rings. The number of ether oxygens (including phenoxy) is 1. The summed E-state index contributed by atoms with van der Waals surface area (Å²) in [7, 11) is 0. The molecule has 7 heteroatoms. The van der Waals surface area contributed by atoms with Crippen molar-refractivity contribution in [2.45, 2.75) is 31.8 Å². The number of nitrogens with one attached hydrogen (secondary N) is 1. The molecule has 0 radical (unpaired) electrons. The van der Waals surface area contributed by atoms with Crippen LogP contribution in [0.1, 0.15) is 18.2 Å². The Morgan fingerprint density at radius 3 is 2.94 bits per heavy atom. The summed E-state index contributed by atoms with van der Waals surface area (Å²) in [4.78, 5) is 24.8. The molecule has 2 rings (SSSR count). The molecule has 2 heterocycles. The minimum absolute atomic E-state index is 0.0335. The Balaban J connectivity index is 2.38. The van der Waals surface area contributed by atoms with Crippen molar-refractivity contribution in [3.8, 4) is 0 Å². The van der Waals surface area contributed by atoms with Crippen LogP contribution in [0.5, 0.6) is 0 Å². The van der Waals surface area contributed by atoms with Crippen molar-refractivity contribution in [1.82, 2.24) is 9.55 Å². The van der Waals surface area contributed by atoms with Gasteiger partial charge >= 0.3 is 5.69 Å². The number of aliphatic hydroxyl groups is 1. The topological polar surface area (TPSA) is 84.3 Å². The van der Waals surface area contributed by atoms with Gasteiger partial charge in [0.25, 0.3) is 5.56 Å². The number of alkyl halides is 1. The Morgan fingerprint density at radius 1 is 1.65 bits per heavy atom. The number of rotatable bonds is 2. The molecule has 0 bridgehead atoms. The molecule has 94 valence electrons. The van der Waals surface area contributed by atoms with E-state index in [0.717, 1.165) is 4.57 Å². The van der Waals surface area contributed by atoms with Gasteiger partial charge in [-0.15, -0.1) is 0 Å². The average Bonchev–Trinajstić information content (AvgIpc) is 2.65. The van der Waals surface area contributed by atoms with Crippen LogP contribution in [0.4, 0.5) is 4.39 Å². The predicted molar refractivity (Wildman–Crippen MR) is 56.6 cm³/mol. The third-order valence-corrected chi connectivity index (χ3v) is 2.75. The van der Waals surface area contributed by atoms with Gasteiger partial charge in [0.05, 0.1) is 12.7 Å². The Morgan fingerprint density at radius 2 is 2.35 bits per heavy atom. The molecule has 1 aliphatic rings.